The second kappa shape index (κ2) is 5.58. The molecule has 0 bridgehead atoms. The van der Waals surface area contributed by atoms with Crippen LogP contribution in [0.4, 0.5) is 0 Å². The Bertz CT molecular complexity index is 95.6. The molecule has 0 rings (SSSR count). The summed E-state index contributed by atoms with van der Waals surface area (Å²) in [6, 6.07) is 2.08. The Morgan fingerprint density at radius 2 is 2.33 bits per heavy atom. The van der Waals surface area contributed by atoms with E-state index in [4.69, 9.17) is 10.00 Å². The first-order valence-corrected chi connectivity index (χ1v) is 3.29. The molecule has 0 N–H and O–H groups in total. The summed E-state index contributed by atoms with van der Waals surface area (Å²) < 4.78 is 5.19. The Labute approximate surface area is 56.4 Å². The van der Waals surface area contributed by atoms with Gasteiger partial charge in [-0.25, -0.2) is 0 Å². The van der Waals surface area contributed by atoms with Gasteiger partial charge in [-0.1, -0.05) is 0 Å². The van der Waals surface area contributed by atoms with Crippen LogP contribution in [0.5, 0.6) is 0 Å². The summed E-state index contributed by atoms with van der Waals surface area (Å²) in [7, 11) is 0. The van der Waals surface area contributed by atoms with Gasteiger partial charge in [-0.2, -0.15) is 5.26 Å². The van der Waals surface area contributed by atoms with Crippen molar-refractivity contribution in [2.24, 2.45) is 0 Å². The number of rotatable bonds is 4. The van der Waals surface area contributed by atoms with Gasteiger partial charge in [0.1, 0.15) is 0 Å². The molecule has 2 heteroatoms. The van der Waals surface area contributed by atoms with Gasteiger partial charge in [0, 0.05) is 13.0 Å². The van der Waals surface area contributed by atoms with Crippen molar-refractivity contribution in [3.63, 3.8) is 0 Å². The highest BCUT2D eigenvalue weighted by atomic mass is 16.5. The summed E-state index contributed by atoms with van der Waals surface area (Å²) in [6.07, 6.45) is 1.69. The van der Waals surface area contributed by atoms with E-state index in [0.29, 0.717) is 6.42 Å². The summed E-state index contributed by atoms with van der Waals surface area (Å²) >= 11 is 0. The molecule has 0 fully saturated rings. The molecule has 0 amide bonds. The van der Waals surface area contributed by atoms with E-state index in [1.54, 1.807) is 0 Å². The zero-order chi connectivity index (χ0) is 7.11. The molecule has 0 aromatic heterocycles. The van der Waals surface area contributed by atoms with Crippen molar-refractivity contribution >= 4 is 0 Å². The van der Waals surface area contributed by atoms with Gasteiger partial charge >= 0.3 is 0 Å². The van der Waals surface area contributed by atoms with Gasteiger partial charge in [-0.15, -0.1) is 0 Å². The van der Waals surface area contributed by atoms with Crippen LogP contribution in [0.3, 0.4) is 0 Å². The SMILES string of the molecule is CCOC(C)CCC#N. The lowest BCUT2D eigenvalue weighted by Gasteiger charge is -2.07. The molecule has 0 aromatic rings. The van der Waals surface area contributed by atoms with Gasteiger partial charge in [0.2, 0.25) is 0 Å². The Morgan fingerprint density at radius 3 is 2.78 bits per heavy atom. The van der Waals surface area contributed by atoms with Crippen LogP contribution in [-0.2, 0) is 4.74 Å². The summed E-state index contributed by atoms with van der Waals surface area (Å²) in [5.74, 6) is 0. The van der Waals surface area contributed by atoms with Crippen molar-refractivity contribution in [3.8, 4) is 6.07 Å². The number of hydrogen-bond acceptors (Lipinski definition) is 2. The highest BCUT2D eigenvalue weighted by molar-refractivity contribution is 4.70. The predicted octanol–water partition coefficient (Wildman–Crippen LogP) is 1.72. The first-order valence-electron chi connectivity index (χ1n) is 3.29. The van der Waals surface area contributed by atoms with Crippen LogP contribution >= 0.6 is 0 Å². The van der Waals surface area contributed by atoms with Crippen LogP contribution in [0.25, 0.3) is 0 Å². The van der Waals surface area contributed by atoms with Crippen LogP contribution in [-0.4, -0.2) is 12.7 Å². The second-order valence-electron chi connectivity index (χ2n) is 1.96. The molecule has 0 saturated carbocycles. The van der Waals surface area contributed by atoms with E-state index in [2.05, 4.69) is 6.07 Å². The minimum atomic E-state index is 0.245. The first-order chi connectivity index (χ1) is 4.31. The van der Waals surface area contributed by atoms with Crippen LogP contribution in [0, 0.1) is 11.3 Å². The first kappa shape index (κ1) is 8.45. The highest BCUT2D eigenvalue weighted by Crippen LogP contribution is 1.98. The zero-order valence-electron chi connectivity index (χ0n) is 6.05. The summed E-state index contributed by atoms with van der Waals surface area (Å²) in [5.41, 5.74) is 0. The maximum Gasteiger partial charge on any atom is 0.0622 e. The summed E-state index contributed by atoms with van der Waals surface area (Å²) in [6.45, 7) is 4.69. The smallest absolute Gasteiger partial charge is 0.0622 e. The van der Waals surface area contributed by atoms with E-state index >= 15 is 0 Å². The van der Waals surface area contributed by atoms with Crippen LogP contribution in [0.2, 0.25) is 0 Å². The Hall–Kier alpha value is -0.550. The molecular weight excluding hydrogens is 114 g/mol. The van der Waals surface area contributed by atoms with E-state index < -0.39 is 0 Å². The third-order valence-electron chi connectivity index (χ3n) is 1.11. The molecule has 0 aromatic carbocycles. The van der Waals surface area contributed by atoms with E-state index in [9.17, 15) is 0 Å². The van der Waals surface area contributed by atoms with Gasteiger partial charge in [0.25, 0.3) is 0 Å². The van der Waals surface area contributed by atoms with Crippen molar-refractivity contribution in [1.82, 2.24) is 0 Å². The van der Waals surface area contributed by atoms with Crippen LogP contribution in [0.15, 0.2) is 0 Å². The van der Waals surface area contributed by atoms with Crippen molar-refractivity contribution in [1.29, 1.82) is 5.26 Å². The third kappa shape index (κ3) is 5.32. The predicted molar refractivity (Wildman–Crippen MR) is 35.9 cm³/mol. The standard InChI is InChI=1S/C7H13NO/c1-3-9-7(2)5-4-6-8/h7H,3-5H2,1-2H3. The van der Waals surface area contributed by atoms with Crippen molar-refractivity contribution in [2.75, 3.05) is 6.61 Å². The largest absolute Gasteiger partial charge is 0.379 e. The van der Waals surface area contributed by atoms with Crippen LogP contribution < -0.4 is 0 Å². The van der Waals surface area contributed by atoms with E-state index in [0.717, 1.165) is 13.0 Å². The molecular formula is C7H13NO. The lowest BCUT2D eigenvalue weighted by Crippen LogP contribution is -2.06. The fourth-order valence-corrected chi connectivity index (χ4v) is 0.636. The molecule has 52 valence electrons. The molecule has 0 saturated heterocycles. The molecule has 9 heavy (non-hydrogen) atoms. The molecule has 0 radical (unpaired) electrons. The molecule has 0 spiro atoms. The number of nitrogens with zero attached hydrogens (tertiary/aromatic N) is 1. The number of hydrogen-bond donors (Lipinski definition) is 0. The average molecular weight is 127 g/mol. The molecule has 0 heterocycles. The minimum Gasteiger partial charge on any atom is -0.379 e. The number of nitriles is 1. The fourth-order valence-electron chi connectivity index (χ4n) is 0.636. The van der Waals surface area contributed by atoms with Crippen molar-refractivity contribution < 1.29 is 4.74 Å². The van der Waals surface area contributed by atoms with Gasteiger partial charge in [0.05, 0.1) is 12.2 Å². The monoisotopic (exact) mass is 127 g/mol. The fraction of sp³-hybridized carbons (Fsp3) is 0.857. The average Bonchev–Trinajstić information content (AvgIpc) is 1.85. The molecule has 0 aliphatic rings. The summed E-state index contributed by atoms with van der Waals surface area (Å²) in [4.78, 5) is 0. The van der Waals surface area contributed by atoms with E-state index in [1.807, 2.05) is 13.8 Å². The molecule has 1 unspecified atom stereocenters. The molecule has 2 nitrogen and oxygen atoms in total. The number of ether oxygens (including phenoxy) is 1. The van der Waals surface area contributed by atoms with E-state index in [-0.39, 0.29) is 6.10 Å². The van der Waals surface area contributed by atoms with Gasteiger partial charge in [0.15, 0.2) is 0 Å². The normalized spacial score (nSPS) is 12.6. The van der Waals surface area contributed by atoms with Gasteiger partial charge in [-0.3, -0.25) is 0 Å². The van der Waals surface area contributed by atoms with E-state index in [1.165, 1.54) is 0 Å². The molecule has 0 aliphatic heterocycles. The quantitative estimate of drug-likeness (QED) is 0.576. The van der Waals surface area contributed by atoms with Gasteiger partial charge < -0.3 is 4.74 Å². The Kier molecular flexibility index (Phi) is 5.24. The second-order valence-corrected chi connectivity index (χ2v) is 1.96. The highest BCUT2D eigenvalue weighted by Gasteiger charge is 1.97. The lowest BCUT2D eigenvalue weighted by molar-refractivity contribution is 0.0714. The van der Waals surface area contributed by atoms with Gasteiger partial charge in [-0.05, 0) is 20.3 Å². The molecule has 0 aliphatic carbocycles. The Morgan fingerprint density at radius 1 is 1.67 bits per heavy atom. The van der Waals surface area contributed by atoms with Crippen molar-refractivity contribution in [3.05, 3.63) is 0 Å². The molecule has 1 atom stereocenters. The zero-order valence-corrected chi connectivity index (χ0v) is 6.05. The maximum atomic E-state index is 8.18. The summed E-state index contributed by atoms with van der Waals surface area (Å²) in [5, 5.41) is 8.18. The maximum absolute atomic E-state index is 8.18. The van der Waals surface area contributed by atoms with Crippen LogP contribution in [0.1, 0.15) is 26.7 Å². The lowest BCUT2D eigenvalue weighted by atomic mass is 10.2. The minimum absolute atomic E-state index is 0.245. The topological polar surface area (TPSA) is 33.0 Å². The third-order valence-corrected chi connectivity index (χ3v) is 1.11. The Balaban J connectivity index is 3.07. The van der Waals surface area contributed by atoms with Crippen molar-refractivity contribution in [2.45, 2.75) is 32.8 Å².